The summed E-state index contributed by atoms with van der Waals surface area (Å²) < 4.78 is 5.43. The number of rotatable bonds is 3. The number of hydrogen-bond donors (Lipinski definition) is 3. The molecule has 0 radical (unpaired) electrons. The highest BCUT2D eigenvalue weighted by Crippen LogP contribution is 2.31. The smallest absolute Gasteiger partial charge is 0.409 e. The molecule has 0 atom stereocenters. The maximum Gasteiger partial charge on any atom is 0.409 e. The molecule has 1 fully saturated rings. The Hall–Kier alpha value is -3.32. The molecular formula is C20H19N3O4. The van der Waals surface area contributed by atoms with E-state index in [1.807, 2.05) is 30.3 Å². The Labute approximate surface area is 155 Å². The number of nitrogens with zero attached hydrogens (tertiary/aromatic N) is 1. The van der Waals surface area contributed by atoms with Crippen molar-refractivity contribution >= 4 is 28.2 Å². The number of ether oxygens (including phenoxy) is 1. The Bertz CT molecular complexity index is 1050. The first kappa shape index (κ1) is 17.1. The molecule has 138 valence electrons. The number of morpholine rings is 1. The fourth-order valence-electron chi connectivity index (χ4n) is 3.39. The highest BCUT2D eigenvalue weighted by Gasteiger charge is 2.16. The van der Waals surface area contributed by atoms with Gasteiger partial charge in [0.05, 0.1) is 18.9 Å². The van der Waals surface area contributed by atoms with Crippen LogP contribution in [0.2, 0.25) is 0 Å². The molecule has 1 aliphatic rings. The molecule has 3 N–H and O–H groups in total. The zero-order valence-electron chi connectivity index (χ0n) is 14.6. The second-order valence-electron chi connectivity index (χ2n) is 6.36. The molecule has 0 unspecified atom stereocenters. The van der Waals surface area contributed by atoms with Crippen LogP contribution in [0.1, 0.15) is 0 Å². The molecule has 1 amide bonds. The first-order valence-electron chi connectivity index (χ1n) is 8.71. The van der Waals surface area contributed by atoms with Gasteiger partial charge in [-0.1, -0.05) is 24.3 Å². The largest absolute Gasteiger partial charge is 0.465 e. The van der Waals surface area contributed by atoms with E-state index in [-0.39, 0.29) is 5.56 Å². The number of benzene rings is 2. The van der Waals surface area contributed by atoms with Gasteiger partial charge in [0, 0.05) is 35.4 Å². The minimum Gasteiger partial charge on any atom is -0.465 e. The van der Waals surface area contributed by atoms with Gasteiger partial charge in [0.25, 0.3) is 5.56 Å². The zero-order valence-corrected chi connectivity index (χ0v) is 14.6. The van der Waals surface area contributed by atoms with Gasteiger partial charge >= 0.3 is 6.09 Å². The van der Waals surface area contributed by atoms with Crippen LogP contribution >= 0.6 is 0 Å². The normalized spacial score (nSPS) is 14.3. The molecule has 2 heterocycles. The third kappa shape index (κ3) is 3.50. The van der Waals surface area contributed by atoms with Crippen LogP contribution in [0.5, 0.6) is 0 Å². The van der Waals surface area contributed by atoms with Crippen LogP contribution in [0, 0.1) is 0 Å². The summed E-state index contributed by atoms with van der Waals surface area (Å²) in [5, 5.41) is 12.3. The fourth-order valence-corrected chi connectivity index (χ4v) is 3.39. The summed E-state index contributed by atoms with van der Waals surface area (Å²) in [5.74, 6) is 0. The van der Waals surface area contributed by atoms with E-state index in [4.69, 9.17) is 9.84 Å². The number of carboxylic acid groups (broad SMARTS) is 1. The topological polar surface area (TPSA) is 94.7 Å². The summed E-state index contributed by atoms with van der Waals surface area (Å²) >= 11 is 0. The highest BCUT2D eigenvalue weighted by atomic mass is 16.5. The average molecular weight is 365 g/mol. The van der Waals surface area contributed by atoms with Gasteiger partial charge in [-0.25, -0.2) is 4.79 Å². The summed E-state index contributed by atoms with van der Waals surface area (Å²) in [6.07, 6.45) is -1.16. The van der Waals surface area contributed by atoms with Crippen molar-refractivity contribution in [2.24, 2.45) is 0 Å². The minimum atomic E-state index is -1.16. The van der Waals surface area contributed by atoms with Gasteiger partial charge in [-0.05, 0) is 29.7 Å². The van der Waals surface area contributed by atoms with Crippen LogP contribution in [0.15, 0.2) is 53.3 Å². The first-order chi connectivity index (χ1) is 13.1. The van der Waals surface area contributed by atoms with E-state index in [1.54, 1.807) is 18.2 Å². The number of pyridine rings is 1. The molecule has 2 aromatic carbocycles. The summed E-state index contributed by atoms with van der Waals surface area (Å²) in [6.45, 7) is 2.97. The number of H-pyrrole nitrogens is 1. The summed E-state index contributed by atoms with van der Waals surface area (Å²) in [5.41, 5.74) is 2.84. The predicted molar refractivity (Wildman–Crippen MR) is 105 cm³/mol. The van der Waals surface area contributed by atoms with Crippen LogP contribution in [0.25, 0.3) is 22.0 Å². The van der Waals surface area contributed by atoms with Gasteiger partial charge in [-0.15, -0.1) is 0 Å². The Morgan fingerprint density at radius 3 is 2.67 bits per heavy atom. The quantitative estimate of drug-likeness (QED) is 0.663. The SMILES string of the molecule is O=C(O)Nc1ccc2cc(-c3ccccc3N3CCOCC3)[nH]c(=O)c2c1. The number of anilines is 2. The lowest BCUT2D eigenvalue weighted by molar-refractivity contribution is 0.123. The lowest BCUT2D eigenvalue weighted by Crippen LogP contribution is -2.36. The lowest BCUT2D eigenvalue weighted by atomic mass is 10.0. The van der Waals surface area contributed by atoms with Crippen molar-refractivity contribution in [3.05, 3.63) is 58.9 Å². The average Bonchev–Trinajstić information content (AvgIpc) is 2.68. The maximum absolute atomic E-state index is 12.6. The van der Waals surface area contributed by atoms with Gasteiger partial charge in [0.15, 0.2) is 0 Å². The lowest BCUT2D eigenvalue weighted by Gasteiger charge is -2.30. The van der Waals surface area contributed by atoms with Crippen molar-refractivity contribution in [3.8, 4) is 11.3 Å². The predicted octanol–water partition coefficient (Wildman–Crippen LogP) is 3.12. The molecule has 27 heavy (non-hydrogen) atoms. The van der Waals surface area contributed by atoms with E-state index in [1.165, 1.54) is 0 Å². The summed E-state index contributed by atoms with van der Waals surface area (Å²) in [7, 11) is 0. The molecular weight excluding hydrogens is 346 g/mol. The standard InChI is InChI=1S/C20H19N3O4/c24-19-16-12-14(21-20(25)26)6-5-13(16)11-17(22-19)15-3-1-2-4-18(15)23-7-9-27-10-8-23/h1-6,11-12,21H,7-10H2,(H,22,24)(H,25,26). The van der Waals surface area contributed by atoms with Crippen molar-refractivity contribution in [1.82, 2.24) is 4.98 Å². The highest BCUT2D eigenvalue weighted by molar-refractivity contribution is 5.92. The Balaban J connectivity index is 1.79. The molecule has 7 heteroatoms. The number of carbonyl (C=O) groups is 1. The molecule has 0 saturated carbocycles. The van der Waals surface area contributed by atoms with Crippen molar-refractivity contribution in [2.75, 3.05) is 36.5 Å². The van der Waals surface area contributed by atoms with Crippen molar-refractivity contribution in [3.63, 3.8) is 0 Å². The van der Waals surface area contributed by atoms with Crippen LogP contribution in [-0.4, -0.2) is 42.5 Å². The molecule has 7 nitrogen and oxygen atoms in total. The van der Waals surface area contributed by atoms with Crippen LogP contribution in [-0.2, 0) is 4.74 Å². The second-order valence-corrected chi connectivity index (χ2v) is 6.36. The van der Waals surface area contributed by atoms with Gasteiger partial charge in [-0.2, -0.15) is 0 Å². The van der Waals surface area contributed by atoms with Crippen molar-refractivity contribution in [2.45, 2.75) is 0 Å². The number of hydrogen-bond acceptors (Lipinski definition) is 4. The number of aromatic nitrogens is 1. The molecule has 3 aromatic rings. The minimum absolute atomic E-state index is 0.256. The molecule has 1 saturated heterocycles. The maximum atomic E-state index is 12.6. The van der Waals surface area contributed by atoms with E-state index >= 15 is 0 Å². The Morgan fingerprint density at radius 1 is 1.11 bits per heavy atom. The third-order valence-corrected chi connectivity index (χ3v) is 4.64. The number of fused-ring (bicyclic) bond motifs is 1. The fraction of sp³-hybridized carbons (Fsp3) is 0.200. The number of nitrogens with one attached hydrogen (secondary N) is 2. The van der Waals surface area contributed by atoms with E-state index in [2.05, 4.69) is 15.2 Å². The van der Waals surface area contributed by atoms with Crippen molar-refractivity contribution < 1.29 is 14.6 Å². The first-order valence-corrected chi connectivity index (χ1v) is 8.71. The molecule has 4 rings (SSSR count). The van der Waals surface area contributed by atoms with Gasteiger partial charge in [0.1, 0.15) is 0 Å². The van der Waals surface area contributed by atoms with Gasteiger partial charge < -0.3 is 19.7 Å². The van der Waals surface area contributed by atoms with Gasteiger partial charge in [-0.3, -0.25) is 10.1 Å². The van der Waals surface area contributed by atoms with Crippen LogP contribution in [0.4, 0.5) is 16.2 Å². The van der Waals surface area contributed by atoms with E-state index in [9.17, 15) is 9.59 Å². The molecule has 1 aliphatic heterocycles. The van der Waals surface area contributed by atoms with E-state index in [0.717, 1.165) is 35.4 Å². The second kappa shape index (κ2) is 7.13. The number of amides is 1. The summed E-state index contributed by atoms with van der Waals surface area (Å²) in [6, 6.07) is 14.8. The van der Waals surface area contributed by atoms with Crippen LogP contribution in [0.3, 0.4) is 0 Å². The molecule has 0 bridgehead atoms. The number of para-hydroxylation sites is 1. The summed E-state index contributed by atoms with van der Waals surface area (Å²) in [4.78, 5) is 28.6. The van der Waals surface area contributed by atoms with E-state index < -0.39 is 6.09 Å². The van der Waals surface area contributed by atoms with Crippen LogP contribution < -0.4 is 15.8 Å². The third-order valence-electron chi connectivity index (χ3n) is 4.64. The molecule has 1 aromatic heterocycles. The Kier molecular flexibility index (Phi) is 4.52. The van der Waals surface area contributed by atoms with Crippen molar-refractivity contribution in [1.29, 1.82) is 0 Å². The number of aromatic amines is 1. The van der Waals surface area contributed by atoms with E-state index in [0.29, 0.717) is 24.3 Å². The monoisotopic (exact) mass is 365 g/mol. The Morgan fingerprint density at radius 2 is 1.89 bits per heavy atom. The molecule has 0 spiro atoms. The zero-order chi connectivity index (χ0) is 18.8. The van der Waals surface area contributed by atoms with Gasteiger partial charge in [0.2, 0.25) is 0 Å². The molecule has 0 aliphatic carbocycles.